The summed E-state index contributed by atoms with van der Waals surface area (Å²) in [5.74, 6) is 0.129. The molecule has 0 amide bonds. The average molecular weight is 434 g/mol. The van der Waals surface area contributed by atoms with E-state index in [1.165, 1.54) is 17.7 Å². The molecule has 0 unspecified atom stereocenters. The smallest absolute Gasteiger partial charge is 0.332 e. The van der Waals surface area contributed by atoms with Gasteiger partial charge < -0.3 is 4.90 Å². The summed E-state index contributed by atoms with van der Waals surface area (Å²) in [6.07, 6.45) is 3.16. The predicted molar refractivity (Wildman–Crippen MR) is 116 cm³/mol. The minimum atomic E-state index is -0.449. The zero-order valence-electron chi connectivity index (χ0n) is 17.4. The van der Waals surface area contributed by atoms with Gasteiger partial charge in [-0.05, 0) is 45.2 Å². The van der Waals surface area contributed by atoms with E-state index in [4.69, 9.17) is 16.6 Å². The van der Waals surface area contributed by atoms with Crippen LogP contribution in [0.25, 0.3) is 11.2 Å². The first-order valence-electron chi connectivity index (χ1n) is 10.2. The van der Waals surface area contributed by atoms with Crippen LogP contribution in [0.4, 0.5) is 10.3 Å². The molecular formula is C21H25ClFN5O2. The number of imidazole rings is 1. The largest absolute Gasteiger partial charge is 0.342 e. The number of aromatic nitrogens is 4. The van der Waals surface area contributed by atoms with Crippen molar-refractivity contribution in [3.63, 3.8) is 0 Å². The molecule has 0 saturated carbocycles. The molecule has 0 N–H and O–H groups in total. The molecule has 0 aliphatic carbocycles. The second kappa shape index (κ2) is 7.91. The number of benzene rings is 1. The van der Waals surface area contributed by atoms with Gasteiger partial charge >= 0.3 is 5.69 Å². The molecule has 0 atom stereocenters. The van der Waals surface area contributed by atoms with Gasteiger partial charge in [-0.1, -0.05) is 17.7 Å². The third kappa shape index (κ3) is 3.33. The van der Waals surface area contributed by atoms with Gasteiger partial charge in [-0.15, -0.1) is 0 Å². The molecule has 7 nitrogen and oxygen atoms in total. The molecule has 2 aromatic heterocycles. The normalized spacial score (nSPS) is 14.8. The van der Waals surface area contributed by atoms with E-state index in [1.54, 1.807) is 16.7 Å². The Kier molecular flexibility index (Phi) is 5.44. The van der Waals surface area contributed by atoms with Crippen LogP contribution in [0.5, 0.6) is 0 Å². The number of halogens is 2. The van der Waals surface area contributed by atoms with E-state index in [0.717, 1.165) is 36.9 Å². The standard InChI is InChI=1S/C21H25ClFN5O2/c1-13(2)28-18-17(19(29)25(3)21(28)30)27(12-14-15(22)8-7-9-16(14)23)20(24-18)26-10-5-4-6-11-26/h7-9,13H,4-6,10-12H2,1-3H3. The first-order chi connectivity index (χ1) is 14.3. The second-order valence-corrected chi connectivity index (χ2v) is 8.44. The van der Waals surface area contributed by atoms with Gasteiger partial charge in [0.1, 0.15) is 5.82 Å². The van der Waals surface area contributed by atoms with E-state index in [2.05, 4.69) is 4.90 Å². The Morgan fingerprint density at radius 1 is 1.17 bits per heavy atom. The van der Waals surface area contributed by atoms with Crippen molar-refractivity contribution >= 4 is 28.7 Å². The van der Waals surface area contributed by atoms with Crippen molar-refractivity contribution in [1.82, 2.24) is 18.7 Å². The molecule has 30 heavy (non-hydrogen) atoms. The van der Waals surface area contributed by atoms with Crippen molar-refractivity contribution in [1.29, 1.82) is 0 Å². The minimum absolute atomic E-state index is 0.0549. The van der Waals surface area contributed by atoms with Crippen molar-refractivity contribution in [2.75, 3.05) is 18.0 Å². The molecule has 1 saturated heterocycles. The van der Waals surface area contributed by atoms with Crippen molar-refractivity contribution in [2.45, 2.75) is 45.7 Å². The molecule has 9 heteroatoms. The predicted octanol–water partition coefficient (Wildman–Crippen LogP) is 3.31. The lowest BCUT2D eigenvalue weighted by Crippen LogP contribution is -2.39. The Morgan fingerprint density at radius 3 is 2.50 bits per heavy atom. The Morgan fingerprint density at radius 2 is 1.87 bits per heavy atom. The zero-order chi connectivity index (χ0) is 21.6. The van der Waals surface area contributed by atoms with Gasteiger partial charge in [0.05, 0.1) is 6.54 Å². The Bertz CT molecular complexity index is 1200. The van der Waals surface area contributed by atoms with E-state index in [0.29, 0.717) is 17.2 Å². The number of hydrogen-bond acceptors (Lipinski definition) is 4. The highest BCUT2D eigenvalue weighted by atomic mass is 35.5. The first-order valence-corrected chi connectivity index (χ1v) is 10.6. The van der Waals surface area contributed by atoms with Crippen molar-refractivity contribution in [2.24, 2.45) is 7.05 Å². The van der Waals surface area contributed by atoms with E-state index in [9.17, 15) is 14.0 Å². The summed E-state index contributed by atoms with van der Waals surface area (Å²) in [6, 6.07) is 4.33. The summed E-state index contributed by atoms with van der Waals surface area (Å²) in [6.45, 7) is 5.39. The maximum Gasteiger partial charge on any atom is 0.332 e. The molecule has 0 spiro atoms. The quantitative estimate of drug-likeness (QED) is 0.633. The van der Waals surface area contributed by atoms with Crippen LogP contribution in [-0.2, 0) is 13.6 Å². The summed E-state index contributed by atoms with van der Waals surface area (Å²) in [7, 11) is 1.46. The lowest BCUT2D eigenvalue weighted by atomic mass is 10.1. The van der Waals surface area contributed by atoms with Crippen molar-refractivity contribution < 1.29 is 4.39 Å². The molecule has 4 rings (SSSR count). The number of piperidine rings is 1. The summed E-state index contributed by atoms with van der Waals surface area (Å²) in [5, 5.41) is 0.287. The number of fused-ring (bicyclic) bond motifs is 1. The number of anilines is 1. The molecule has 1 aliphatic heterocycles. The van der Waals surface area contributed by atoms with Crippen LogP contribution in [0.15, 0.2) is 27.8 Å². The number of rotatable bonds is 4. The highest BCUT2D eigenvalue weighted by Gasteiger charge is 2.26. The maximum atomic E-state index is 14.6. The van der Waals surface area contributed by atoms with Gasteiger partial charge in [-0.25, -0.2) is 9.18 Å². The second-order valence-electron chi connectivity index (χ2n) is 8.03. The van der Waals surface area contributed by atoms with Gasteiger partial charge in [0, 0.05) is 36.8 Å². The fraction of sp³-hybridized carbons (Fsp3) is 0.476. The van der Waals surface area contributed by atoms with Crippen LogP contribution in [0, 0.1) is 5.82 Å². The Hall–Kier alpha value is -2.61. The van der Waals surface area contributed by atoms with E-state index < -0.39 is 17.1 Å². The lowest BCUT2D eigenvalue weighted by Gasteiger charge is -2.28. The zero-order valence-corrected chi connectivity index (χ0v) is 18.1. The highest BCUT2D eigenvalue weighted by molar-refractivity contribution is 6.31. The first kappa shape index (κ1) is 20.7. The van der Waals surface area contributed by atoms with Gasteiger partial charge in [0.25, 0.3) is 5.56 Å². The molecule has 3 heterocycles. The van der Waals surface area contributed by atoms with Crippen LogP contribution in [-0.4, -0.2) is 31.8 Å². The third-order valence-electron chi connectivity index (χ3n) is 5.69. The van der Waals surface area contributed by atoms with E-state index in [1.807, 2.05) is 13.8 Å². The summed E-state index contributed by atoms with van der Waals surface area (Å²) < 4.78 is 18.9. The minimum Gasteiger partial charge on any atom is -0.342 e. The molecule has 1 aromatic carbocycles. The SMILES string of the molecule is CC(C)n1c(=O)n(C)c(=O)c2c1nc(N1CCCCC1)n2Cc1c(F)cccc1Cl. The molecule has 1 fully saturated rings. The summed E-state index contributed by atoms with van der Waals surface area (Å²) >= 11 is 6.29. The van der Waals surface area contributed by atoms with Crippen LogP contribution >= 0.6 is 11.6 Å². The molecule has 0 bridgehead atoms. The summed E-state index contributed by atoms with van der Waals surface area (Å²) in [5.41, 5.74) is 0.0364. The number of nitrogens with zero attached hydrogens (tertiary/aromatic N) is 5. The Balaban J connectivity index is 2.05. The average Bonchev–Trinajstić information content (AvgIpc) is 3.08. The molecule has 1 aliphatic rings. The van der Waals surface area contributed by atoms with E-state index in [-0.39, 0.29) is 23.1 Å². The lowest BCUT2D eigenvalue weighted by molar-refractivity contribution is 0.551. The van der Waals surface area contributed by atoms with Gasteiger partial charge in [0.15, 0.2) is 11.2 Å². The van der Waals surface area contributed by atoms with Gasteiger partial charge in [-0.2, -0.15) is 4.98 Å². The molecular weight excluding hydrogens is 409 g/mol. The van der Waals surface area contributed by atoms with Crippen molar-refractivity contribution in [3.05, 3.63) is 55.4 Å². The van der Waals surface area contributed by atoms with Crippen molar-refractivity contribution in [3.8, 4) is 0 Å². The fourth-order valence-electron chi connectivity index (χ4n) is 4.10. The van der Waals surface area contributed by atoms with Crippen LogP contribution in [0.3, 0.4) is 0 Å². The fourth-order valence-corrected chi connectivity index (χ4v) is 4.32. The maximum absolute atomic E-state index is 14.6. The Labute approximate surface area is 178 Å². The van der Waals surface area contributed by atoms with Crippen LogP contribution in [0.1, 0.15) is 44.7 Å². The van der Waals surface area contributed by atoms with E-state index >= 15 is 0 Å². The molecule has 0 radical (unpaired) electrons. The van der Waals surface area contributed by atoms with Gasteiger partial charge in [0.2, 0.25) is 5.95 Å². The van der Waals surface area contributed by atoms with Gasteiger partial charge in [-0.3, -0.25) is 18.5 Å². The number of hydrogen-bond donors (Lipinski definition) is 0. The highest BCUT2D eigenvalue weighted by Crippen LogP contribution is 2.28. The topological polar surface area (TPSA) is 65.1 Å². The van der Waals surface area contributed by atoms with Crippen LogP contribution in [0.2, 0.25) is 5.02 Å². The van der Waals surface area contributed by atoms with Crippen LogP contribution < -0.4 is 16.1 Å². The molecule has 160 valence electrons. The summed E-state index contributed by atoms with van der Waals surface area (Å²) in [4.78, 5) is 32.8. The third-order valence-corrected chi connectivity index (χ3v) is 6.04. The monoisotopic (exact) mass is 433 g/mol. The molecule has 3 aromatic rings.